The van der Waals surface area contributed by atoms with Gasteiger partial charge in [-0.3, -0.25) is 9.36 Å². The molecular weight excluding hydrogens is 492 g/mol. The number of hydrogen-bond donors (Lipinski definition) is 2. The number of nitriles is 1. The van der Waals surface area contributed by atoms with Gasteiger partial charge < -0.3 is 20.7 Å². The number of amides is 1. The highest BCUT2D eigenvalue weighted by atomic mass is 32.1. The molecule has 0 radical (unpaired) electrons. The number of rotatable bonds is 9. The van der Waals surface area contributed by atoms with Crippen LogP contribution in [-0.4, -0.2) is 87.0 Å². The molecule has 12 heteroatoms. The van der Waals surface area contributed by atoms with E-state index in [4.69, 9.17) is 28.0 Å². The molecule has 2 aromatic rings. The molecule has 0 aliphatic carbocycles. The van der Waals surface area contributed by atoms with Gasteiger partial charge in [0.2, 0.25) is 12.2 Å². The Bertz CT molecular complexity index is 1200. The van der Waals surface area contributed by atoms with Crippen molar-refractivity contribution in [3.05, 3.63) is 18.6 Å². The summed E-state index contributed by atoms with van der Waals surface area (Å²) in [6.45, 7) is 3.95. The zero-order valence-corrected chi connectivity index (χ0v) is 22.4. The van der Waals surface area contributed by atoms with Crippen LogP contribution in [0.25, 0.3) is 11.0 Å². The Kier molecular flexibility index (Phi) is 10.0. The van der Waals surface area contributed by atoms with E-state index in [2.05, 4.69) is 28.4 Å². The summed E-state index contributed by atoms with van der Waals surface area (Å²) in [5, 5.41) is 13.1. The second-order valence-electron chi connectivity index (χ2n) is 9.29. The number of unbranched alkanes of at least 4 members (excludes halogenated alkanes) is 1. The summed E-state index contributed by atoms with van der Waals surface area (Å²) in [7, 11) is 3.27. The van der Waals surface area contributed by atoms with E-state index in [1.807, 2.05) is 23.8 Å². The molecule has 0 saturated carbocycles. The number of esters is 1. The minimum absolute atomic E-state index is 0.102. The third-order valence-corrected chi connectivity index (χ3v) is 7.07. The van der Waals surface area contributed by atoms with Gasteiger partial charge in [0.1, 0.15) is 17.8 Å². The number of hydrogen-bond acceptors (Lipinski definition) is 8. The van der Waals surface area contributed by atoms with Gasteiger partial charge in [-0.2, -0.15) is 10.2 Å². The smallest absolute Gasteiger partial charge is 0.335 e. The fraction of sp³-hybridized carbons (Fsp3) is 0.560. The number of carbonyl (C=O) groups is 2. The second-order valence-corrected chi connectivity index (χ2v) is 9.68. The lowest BCUT2D eigenvalue weighted by Gasteiger charge is -2.34. The van der Waals surface area contributed by atoms with Gasteiger partial charge >= 0.3 is 11.8 Å². The van der Waals surface area contributed by atoms with E-state index in [0.29, 0.717) is 48.6 Å². The van der Waals surface area contributed by atoms with Crippen molar-refractivity contribution in [1.29, 1.82) is 5.26 Å². The van der Waals surface area contributed by atoms with Gasteiger partial charge in [0.05, 0.1) is 26.4 Å². The van der Waals surface area contributed by atoms with Crippen molar-refractivity contribution >= 4 is 52.3 Å². The van der Waals surface area contributed by atoms with Gasteiger partial charge in [-0.05, 0) is 61.4 Å². The molecule has 1 aliphatic rings. The highest BCUT2D eigenvalue weighted by Gasteiger charge is 2.30. The Labute approximate surface area is 222 Å². The van der Waals surface area contributed by atoms with E-state index in [0.717, 1.165) is 24.6 Å². The first kappa shape index (κ1) is 28.1. The molecular formula is C25H35N8O3S+. The van der Waals surface area contributed by atoms with Crippen LogP contribution >= 0.6 is 12.2 Å². The average molecular weight is 528 g/mol. The van der Waals surface area contributed by atoms with Crippen LogP contribution < -0.4 is 11.1 Å². The van der Waals surface area contributed by atoms with E-state index >= 15 is 0 Å². The number of nitrogens with zero attached hydrogens (tertiary/aromatic N) is 6. The number of methoxy groups -OCH3 is 1. The van der Waals surface area contributed by atoms with Gasteiger partial charge in [0.25, 0.3) is 0 Å². The Balaban J connectivity index is 1.83. The number of carbonyl (C=O) groups excluding carboxylic acids is 2. The Morgan fingerprint density at radius 3 is 2.92 bits per heavy atom. The molecule has 1 saturated heterocycles. The molecule has 1 amide bonds. The molecule has 0 spiro atoms. The van der Waals surface area contributed by atoms with E-state index in [1.165, 1.54) is 13.4 Å². The van der Waals surface area contributed by atoms with Crippen LogP contribution in [0, 0.1) is 23.2 Å². The molecule has 3 atom stereocenters. The zero-order valence-electron chi connectivity index (χ0n) is 21.6. The maximum atomic E-state index is 12.3. The molecule has 3 heterocycles. The number of ether oxygens (including phenoxy) is 1. The number of nitrogens with one attached hydrogen (secondary N) is 1. The first-order valence-electron chi connectivity index (χ1n) is 12.4. The molecule has 0 bridgehead atoms. The molecule has 3 rings (SSSR count). The standard InChI is InChI=1S/C25H34N8O3S/c1-17-8-12-32(21(34)7-11-27)15-18(17)14-31(2)22-19-9-13-33(23(19)29-16-28-22)25(37)30-20(24(35)36-3)6-4-5-10-26/h9,13-14,16-18,20H,4-8,10,12,15,26H2,1-3H3/p+1/t17-,18?,20+/m1/s1. The predicted molar refractivity (Wildman–Crippen MR) is 143 cm³/mol. The van der Waals surface area contributed by atoms with Crippen LogP contribution in [0.3, 0.4) is 0 Å². The van der Waals surface area contributed by atoms with Crippen molar-refractivity contribution in [3.8, 4) is 6.07 Å². The number of thiocarbonyl (C=S) groups is 1. The lowest BCUT2D eigenvalue weighted by atomic mass is 9.87. The maximum absolute atomic E-state index is 12.3. The lowest BCUT2D eigenvalue weighted by molar-refractivity contribution is -0.405. The van der Waals surface area contributed by atoms with Gasteiger partial charge in [0.15, 0.2) is 10.8 Å². The highest BCUT2D eigenvalue weighted by molar-refractivity contribution is 7.80. The summed E-state index contributed by atoms with van der Waals surface area (Å²) in [6, 6.07) is 3.25. The Morgan fingerprint density at radius 1 is 1.43 bits per heavy atom. The number of piperidine rings is 1. The molecule has 3 N–H and O–H groups in total. The molecule has 11 nitrogen and oxygen atoms in total. The van der Waals surface area contributed by atoms with Crippen molar-refractivity contribution in [1.82, 2.24) is 24.8 Å². The van der Waals surface area contributed by atoms with Crippen LogP contribution in [0.15, 0.2) is 18.6 Å². The first-order valence-corrected chi connectivity index (χ1v) is 12.8. The van der Waals surface area contributed by atoms with Crippen LogP contribution in [0.2, 0.25) is 0 Å². The molecule has 1 fully saturated rings. The average Bonchev–Trinajstić information content (AvgIpc) is 3.33. The number of fused-ring (bicyclic) bond motifs is 1. The largest absolute Gasteiger partial charge is 0.467 e. The highest BCUT2D eigenvalue weighted by Crippen LogP contribution is 2.25. The van der Waals surface area contributed by atoms with Crippen molar-refractivity contribution in [2.75, 3.05) is 33.8 Å². The van der Waals surface area contributed by atoms with E-state index in [1.54, 1.807) is 15.7 Å². The van der Waals surface area contributed by atoms with Crippen LogP contribution in [-0.2, 0) is 14.3 Å². The number of likely N-dealkylation sites (tertiary alicyclic amines) is 1. The summed E-state index contributed by atoms with van der Waals surface area (Å²) in [5.41, 5.74) is 6.19. The molecule has 198 valence electrons. The van der Waals surface area contributed by atoms with Gasteiger partial charge in [-0.1, -0.05) is 6.92 Å². The fourth-order valence-electron chi connectivity index (χ4n) is 4.54. The van der Waals surface area contributed by atoms with Gasteiger partial charge in [-0.25, -0.2) is 9.37 Å². The van der Waals surface area contributed by atoms with Crippen LogP contribution in [0.5, 0.6) is 0 Å². The quantitative estimate of drug-likeness (QED) is 0.163. The SMILES string of the molecule is COC(=O)[C@H](CCCCN)NC(=S)n1ccc2c([N+](C)=CC3CN(C(=O)CC#N)CC[C@H]3C)ncnc21. The van der Waals surface area contributed by atoms with Crippen LogP contribution in [0.4, 0.5) is 5.82 Å². The van der Waals surface area contributed by atoms with E-state index in [9.17, 15) is 9.59 Å². The van der Waals surface area contributed by atoms with Gasteiger partial charge in [-0.15, -0.1) is 0 Å². The van der Waals surface area contributed by atoms with E-state index in [-0.39, 0.29) is 24.2 Å². The van der Waals surface area contributed by atoms with Gasteiger partial charge in [0, 0.05) is 25.2 Å². The normalized spacial score (nSPS) is 18.8. The van der Waals surface area contributed by atoms with Crippen LogP contribution in [0.1, 0.15) is 39.0 Å². The Morgan fingerprint density at radius 2 is 2.22 bits per heavy atom. The maximum Gasteiger partial charge on any atom is 0.335 e. The third-order valence-electron chi connectivity index (χ3n) is 6.76. The number of aromatic nitrogens is 3. The van der Waals surface area contributed by atoms with Crippen molar-refractivity contribution in [2.45, 2.75) is 45.1 Å². The summed E-state index contributed by atoms with van der Waals surface area (Å²) in [6.07, 6.45) is 8.25. The molecule has 2 aromatic heterocycles. The first-order chi connectivity index (χ1) is 17.8. The summed E-state index contributed by atoms with van der Waals surface area (Å²) < 4.78 is 8.61. The monoisotopic (exact) mass is 527 g/mol. The van der Waals surface area contributed by atoms with Crippen molar-refractivity contribution in [2.24, 2.45) is 17.6 Å². The second kappa shape index (κ2) is 13.2. The molecule has 37 heavy (non-hydrogen) atoms. The summed E-state index contributed by atoms with van der Waals surface area (Å²) in [5.74, 6) is 0.676. The number of nitrogens with two attached hydrogens (primary N) is 1. The zero-order chi connectivity index (χ0) is 26.9. The minimum atomic E-state index is -0.585. The molecule has 1 unspecified atom stereocenters. The summed E-state index contributed by atoms with van der Waals surface area (Å²) >= 11 is 5.62. The van der Waals surface area contributed by atoms with Crippen molar-refractivity contribution < 1.29 is 18.9 Å². The fourth-order valence-corrected chi connectivity index (χ4v) is 4.83. The van der Waals surface area contributed by atoms with Crippen molar-refractivity contribution in [3.63, 3.8) is 0 Å². The Hall–Kier alpha value is -3.43. The molecule has 0 aromatic carbocycles. The minimum Gasteiger partial charge on any atom is -0.467 e. The third kappa shape index (κ3) is 6.87. The predicted octanol–water partition coefficient (Wildman–Crippen LogP) is 1.57. The lowest BCUT2D eigenvalue weighted by Crippen LogP contribution is -2.44. The molecule has 1 aliphatic heterocycles. The summed E-state index contributed by atoms with van der Waals surface area (Å²) in [4.78, 5) is 35.2. The topological polar surface area (TPSA) is 142 Å². The van der Waals surface area contributed by atoms with E-state index < -0.39 is 6.04 Å².